The lowest BCUT2D eigenvalue weighted by Crippen LogP contribution is -2.20. The van der Waals surface area contributed by atoms with Gasteiger partial charge in [-0.1, -0.05) is 99.7 Å². The maximum atomic E-state index is 12.4. The topological polar surface area (TPSA) is 29.5 Å². The molecule has 2 aromatic rings. The molecule has 3 heteroatoms. The standard InChI is InChI=1S/C38H35NO2/c1-7-14-34(9-3)39(35-22-20-31-17-11-13-19-33(31)25-35)27(4)24-38-29(6)32-18-12-10-16-30(21-23-36(26-32)41-38)28(5)37(40)15-8-2/h7-15,17-25H,1,3-6,16,26H2,2H3/b12-10-,15-8-,30-21?,32-18+,34-14?,36-23?,38-24+. The van der Waals surface area contributed by atoms with Gasteiger partial charge in [0.15, 0.2) is 5.78 Å². The van der Waals surface area contributed by atoms with Gasteiger partial charge in [0.1, 0.15) is 11.5 Å². The van der Waals surface area contributed by atoms with Crippen LogP contribution in [0.5, 0.6) is 0 Å². The molecule has 2 bridgehead atoms. The van der Waals surface area contributed by atoms with Crippen molar-refractivity contribution in [3.05, 3.63) is 187 Å². The Bertz CT molecular complexity index is 1660. The Morgan fingerprint density at radius 1 is 1.02 bits per heavy atom. The molecule has 41 heavy (non-hydrogen) atoms. The predicted molar refractivity (Wildman–Crippen MR) is 174 cm³/mol. The van der Waals surface area contributed by atoms with E-state index in [2.05, 4.69) is 63.2 Å². The van der Waals surface area contributed by atoms with Crippen molar-refractivity contribution < 1.29 is 9.53 Å². The number of ether oxygens (including phenoxy) is 1. The number of rotatable bonds is 9. The van der Waals surface area contributed by atoms with Crippen molar-refractivity contribution in [1.29, 1.82) is 0 Å². The van der Waals surface area contributed by atoms with Gasteiger partial charge in [0, 0.05) is 40.7 Å². The Morgan fingerprint density at radius 3 is 2.54 bits per heavy atom. The first-order valence-electron chi connectivity index (χ1n) is 13.5. The average Bonchev–Trinajstić information content (AvgIpc) is 2.98. The summed E-state index contributed by atoms with van der Waals surface area (Å²) in [7, 11) is 0. The highest BCUT2D eigenvalue weighted by Crippen LogP contribution is 2.37. The van der Waals surface area contributed by atoms with E-state index in [1.807, 2.05) is 66.5 Å². The number of allylic oxidation sites excluding steroid dienone is 15. The number of benzene rings is 2. The van der Waals surface area contributed by atoms with Crippen LogP contribution in [0.1, 0.15) is 19.8 Å². The number of anilines is 1. The molecule has 0 atom stereocenters. The summed E-state index contributed by atoms with van der Waals surface area (Å²) in [6.45, 7) is 22.5. The lowest BCUT2D eigenvalue weighted by atomic mass is 9.94. The van der Waals surface area contributed by atoms with Crippen molar-refractivity contribution >= 4 is 22.2 Å². The van der Waals surface area contributed by atoms with Gasteiger partial charge in [0.2, 0.25) is 0 Å². The van der Waals surface area contributed by atoms with E-state index in [-0.39, 0.29) is 5.78 Å². The lowest BCUT2D eigenvalue weighted by molar-refractivity contribution is -0.111. The van der Waals surface area contributed by atoms with Crippen LogP contribution in [0, 0.1) is 0 Å². The van der Waals surface area contributed by atoms with Crippen molar-refractivity contribution in [3.63, 3.8) is 0 Å². The molecule has 1 aliphatic heterocycles. The molecular formula is C38H35NO2. The first kappa shape index (κ1) is 28.8. The zero-order valence-electron chi connectivity index (χ0n) is 23.6. The van der Waals surface area contributed by atoms with Crippen molar-refractivity contribution in [2.75, 3.05) is 4.90 Å². The van der Waals surface area contributed by atoms with Gasteiger partial charge in [-0.25, -0.2) is 0 Å². The third-order valence-electron chi connectivity index (χ3n) is 6.87. The van der Waals surface area contributed by atoms with Crippen LogP contribution in [-0.2, 0) is 9.53 Å². The molecule has 0 saturated carbocycles. The SMILES string of the molecule is C=CC=C(C=C)N(C(=C)/C=C1/OC2=CC=C(C(=C)C(=O)/C=C\C)C/C=C\C=C(/C2)C1=C)c1ccc2ccccc2c1. The molecule has 1 saturated heterocycles. The van der Waals surface area contributed by atoms with Crippen LogP contribution >= 0.6 is 0 Å². The molecular weight excluding hydrogens is 502 g/mol. The number of nitrogens with zero attached hydrogens (tertiary/aromatic N) is 1. The van der Waals surface area contributed by atoms with Crippen LogP contribution in [0.4, 0.5) is 5.69 Å². The van der Waals surface area contributed by atoms with Crippen LogP contribution in [0.3, 0.4) is 0 Å². The van der Waals surface area contributed by atoms with Crippen LogP contribution in [0.25, 0.3) is 10.8 Å². The highest BCUT2D eigenvalue weighted by atomic mass is 16.5. The normalized spacial score (nSPS) is 18.5. The fraction of sp³-hybridized carbons (Fsp3) is 0.0789. The fourth-order valence-corrected chi connectivity index (χ4v) is 4.70. The Balaban J connectivity index is 1.74. The number of hydrogen-bond acceptors (Lipinski definition) is 3. The van der Waals surface area contributed by atoms with Gasteiger partial charge in [-0.15, -0.1) is 0 Å². The van der Waals surface area contributed by atoms with Gasteiger partial charge in [-0.2, -0.15) is 0 Å². The summed E-state index contributed by atoms with van der Waals surface area (Å²) in [4.78, 5) is 14.5. The maximum Gasteiger partial charge on any atom is 0.185 e. The Morgan fingerprint density at radius 2 is 1.80 bits per heavy atom. The second-order valence-corrected chi connectivity index (χ2v) is 9.65. The van der Waals surface area contributed by atoms with Gasteiger partial charge < -0.3 is 9.64 Å². The van der Waals surface area contributed by atoms with E-state index in [0.29, 0.717) is 29.9 Å². The van der Waals surface area contributed by atoms with Crippen molar-refractivity contribution in [2.24, 2.45) is 0 Å². The molecule has 0 radical (unpaired) electrons. The van der Waals surface area contributed by atoms with Crippen LogP contribution in [-0.4, -0.2) is 5.78 Å². The molecule has 1 heterocycles. The van der Waals surface area contributed by atoms with Crippen molar-refractivity contribution in [3.8, 4) is 0 Å². The number of fused-ring (bicyclic) bond motifs is 3. The van der Waals surface area contributed by atoms with Gasteiger partial charge in [-0.3, -0.25) is 4.79 Å². The summed E-state index contributed by atoms with van der Waals surface area (Å²) >= 11 is 0. The summed E-state index contributed by atoms with van der Waals surface area (Å²) < 4.78 is 6.37. The number of carbonyl (C=O) groups excluding carboxylic acids is 1. The van der Waals surface area contributed by atoms with Gasteiger partial charge >= 0.3 is 0 Å². The molecule has 3 nitrogen and oxygen atoms in total. The molecule has 0 aromatic heterocycles. The molecule has 0 N–H and O–H groups in total. The largest absolute Gasteiger partial charge is 0.461 e. The van der Waals surface area contributed by atoms with E-state index in [4.69, 9.17) is 4.74 Å². The quantitative estimate of drug-likeness (QED) is 0.236. The minimum absolute atomic E-state index is 0.104. The second-order valence-electron chi connectivity index (χ2n) is 9.65. The minimum Gasteiger partial charge on any atom is -0.461 e. The summed E-state index contributed by atoms with van der Waals surface area (Å²) in [5.74, 6) is 1.23. The molecule has 2 aromatic carbocycles. The molecule has 2 aliphatic rings. The van der Waals surface area contributed by atoms with Crippen LogP contribution in [0.2, 0.25) is 0 Å². The number of carbonyl (C=O) groups is 1. The summed E-state index contributed by atoms with van der Waals surface area (Å²) in [6.07, 6.45) is 21.6. The summed E-state index contributed by atoms with van der Waals surface area (Å²) in [6, 6.07) is 14.5. The molecule has 0 unspecified atom stereocenters. The lowest BCUT2D eigenvalue weighted by Gasteiger charge is -2.29. The highest BCUT2D eigenvalue weighted by Gasteiger charge is 2.22. The van der Waals surface area contributed by atoms with Crippen LogP contribution < -0.4 is 4.90 Å². The Labute approximate surface area is 243 Å². The number of hydrogen-bond donors (Lipinski definition) is 0. The van der Waals surface area contributed by atoms with Crippen molar-refractivity contribution in [2.45, 2.75) is 19.8 Å². The van der Waals surface area contributed by atoms with Gasteiger partial charge in [0.05, 0.1) is 0 Å². The molecule has 1 fully saturated rings. The number of ketones is 1. The van der Waals surface area contributed by atoms with E-state index in [9.17, 15) is 4.79 Å². The Hall–Kier alpha value is -5.15. The summed E-state index contributed by atoms with van der Waals surface area (Å²) in [5.41, 5.74) is 5.56. The zero-order chi connectivity index (χ0) is 29.4. The van der Waals surface area contributed by atoms with E-state index < -0.39 is 0 Å². The van der Waals surface area contributed by atoms with Gasteiger partial charge in [-0.05, 0) is 71.7 Å². The molecule has 1 aliphatic carbocycles. The summed E-state index contributed by atoms with van der Waals surface area (Å²) in [5, 5.41) is 2.27. The highest BCUT2D eigenvalue weighted by molar-refractivity contribution is 6.06. The van der Waals surface area contributed by atoms with E-state index in [0.717, 1.165) is 44.6 Å². The molecule has 204 valence electrons. The predicted octanol–water partition coefficient (Wildman–Crippen LogP) is 9.67. The van der Waals surface area contributed by atoms with Gasteiger partial charge in [0.25, 0.3) is 0 Å². The Kier molecular flexibility index (Phi) is 9.34. The molecule has 0 amide bonds. The smallest absolute Gasteiger partial charge is 0.185 e. The fourth-order valence-electron chi connectivity index (χ4n) is 4.70. The maximum absolute atomic E-state index is 12.4. The second kappa shape index (κ2) is 13.3. The molecule has 4 rings (SSSR count). The van der Waals surface area contributed by atoms with Crippen molar-refractivity contribution in [1.82, 2.24) is 0 Å². The van der Waals surface area contributed by atoms with E-state index in [1.54, 1.807) is 18.2 Å². The van der Waals surface area contributed by atoms with E-state index >= 15 is 0 Å². The van der Waals surface area contributed by atoms with E-state index in [1.165, 1.54) is 6.08 Å². The zero-order valence-corrected chi connectivity index (χ0v) is 23.6. The molecule has 0 spiro atoms. The third kappa shape index (κ3) is 6.71. The monoisotopic (exact) mass is 537 g/mol. The first-order valence-corrected chi connectivity index (χ1v) is 13.5. The minimum atomic E-state index is -0.104. The average molecular weight is 538 g/mol. The third-order valence-corrected chi connectivity index (χ3v) is 6.87. The van der Waals surface area contributed by atoms with Crippen LogP contribution in [0.15, 0.2) is 187 Å². The first-order chi connectivity index (χ1) is 19.9.